The highest BCUT2D eigenvalue weighted by Crippen LogP contribution is 2.53. The fourth-order valence-electron chi connectivity index (χ4n) is 22.3. The van der Waals surface area contributed by atoms with Crippen molar-refractivity contribution in [3.63, 3.8) is 0 Å². The largest absolute Gasteiger partial charge is 0.456 e. The average Bonchev–Trinajstić information content (AvgIpc) is 1.35. The fourth-order valence-corrected chi connectivity index (χ4v) is 22.3. The van der Waals surface area contributed by atoms with Crippen molar-refractivity contribution in [1.82, 2.24) is 0 Å². The topological polar surface area (TPSA) is 78.8 Å². The van der Waals surface area contributed by atoms with Crippen molar-refractivity contribution in [2.24, 2.45) is 0 Å². The van der Waals surface area contributed by atoms with Gasteiger partial charge in [-0.3, -0.25) is 0 Å². The summed E-state index contributed by atoms with van der Waals surface area (Å²) in [7, 11) is 0. The number of hydrogen-bond acceptors (Lipinski definition) is 6. The first-order valence-electron chi connectivity index (χ1n) is 46.4. The number of furan rings is 6. The van der Waals surface area contributed by atoms with Crippen LogP contribution in [0.4, 0.5) is 0 Å². The molecule has 136 heavy (non-hydrogen) atoms. The molecule has 0 amide bonds. The van der Waals surface area contributed by atoms with Crippen molar-refractivity contribution < 1.29 is 26.5 Å². The summed E-state index contributed by atoms with van der Waals surface area (Å²) < 4.78 is 38.0. The molecule has 30 aromatic rings. The Labute approximate surface area is 778 Å². The molecule has 632 valence electrons. The Hall–Kier alpha value is -18.1. The molecular weight excluding hydrogens is 1660 g/mol. The van der Waals surface area contributed by atoms with Crippen LogP contribution < -0.4 is 0 Å². The minimum absolute atomic E-state index is 0.869. The quantitative estimate of drug-likeness (QED) is 0.141. The monoisotopic (exact) mass is 1730 g/mol. The van der Waals surface area contributed by atoms with Crippen molar-refractivity contribution in [3.8, 4) is 89.0 Å². The minimum Gasteiger partial charge on any atom is -0.456 e. The molecule has 24 aromatic carbocycles. The van der Waals surface area contributed by atoms with Gasteiger partial charge in [0, 0.05) is 64.6 Å². The lowest BCUT2D eigenvalue weighted by Crippen LogP contribution is -1.92. The van der Waals surface area contributed by atoms with Gasteiger partial charge in [-0.05, 0) is 261 Å². The van der Waals surface area contributed by atoms with Crippen LogP contribution in [0.2, 0.25) is 0 Å². The maximum absolute atomic E-state index is 6.44. The summed E-state index contributed by atoms with van der Waals surface area (Å²) in [5, 5.41) is 30.6. The van der Waals surface area contributed by atoms with Crippen LogP contribution in [-0.4, -0.2) is 0 Å². The first-order chi connectivity index (χ1) is 67.5. The molecular formula is C130H76O6. The third-order valence-electron chi connectivity index (χ3n) is 28.2. The Bertz CT molecular complexity index is 10000. The molecule has 6 heteroatoms. The lowest BCUT2D eigenvalue weighted by Gasteiger charge is -2.19. The summed E-state index contributed by atoms with van der Waals surface area (Å²) in [6, 6.07) is 164. The highest BCUT2D eigenvalue weighted by Gasteiger charge is 2.27. The summed E-state index contributed by atoms with van der Waals surface area (Å²) in [5.74, 6) is 0. The van der Waals surface area contributed by atoms with Gasteiger partial charge in [-0.15, -0.1) is 0 Å². The normalized spacial score (nSPS) is 12.0. The van der Waals surface area contributed by atoms with E-state index in [1.54, 1.807) is 0 Å². The predicted molar refractivity (Wildman–Crippen MR) is 569 cm³/mol. The highest BCUT2D eigenvalue weighted by molar-refractivity contribution is 6.32. The van der Waals surface area contributed by atoms with Gasteiger partial charge in [-0.2, -0.15) is 0 Å². The molecule has 6 aromatic heterocycles. The zero-order chi connectivity index (χ0) is 89.2. The lowest BCUT2D eigenvalue weighted by molar-refractivity contribution is 0.663. The van der Waals surface area contributed by atoms with Crippen LogP contribution in [0.5, 0.6) is 0 Å². The van der Waals surface area contributed by atoms with E-state index in [0.717, 1.165) is 137 Å². The second-order valence-corrected chi connectivity index (χ2v) is 35.6. The maximum atomic E-state index is 6.44. The molecule has 0 unspecified atom stereocenters. The van der Waals surface area contributed by atoms with Gasteiger partial charge >= 0.3 is 0 Å². The number of hydrogen-bond donors (Lipinski definition) is 0. The number of fused-ring (bicyclic) bond motifs is 28. The van der Waals surface area contributed by atoms with Gasteiger partial charge in [0.1, 0.15) is 67.0 Å². The van der Waals surface area contributed by atoms with Crippen molar-refractivity contribution in [1.29, 1.82) is 0 Å². The van der Waals surface area contributed by atoms with E-state index in [9.17, 15) is 0 Å². The molecule has 6 nitrogen and oxygen atoms in total. The zero-order valence-electron chi connectivity index (χ0n) is 73.3. The van der Waals surface area contributed by atoms with Gasteiger partial charge in [0.2, 0.25) is 0 Å². The van der Waals surface area contributed by atoms with Crippen LogP contribution in [0.15, 0.2) is 488 Å². The molecule has 0 bridgehead atoms. The maximum Gasteiger partial charge on any atom is 0.136 e. The van der Waals surface area contributed by atoms with E-state index in [0.29, 0.717) is 0 Å². The summed E-state index contributed by atoms with van der Waals surface area (Å²) in [5.41, 5.74) is 30.1. The van der Waals surface area contributed by atoms with Crippen molar-refractivity contribution in [2.45, 2.75) is 0 Å². The van der Waals surface area contributed by atoms with E-state index < -0.39 is 0 Å². The highest BCUT2D eigenvalue weighted by atomic mass is 16.4. The van der Waals surface area contributed by atoms with Crippen LogP contribution in [0.1, 0.15) is 0 Å². The van der Waals surface area contributed by atoms with Gasteiger partial charge in [-0.25, -0.2) is 0 Å². The van der Waals surface area contributed by atoms with E-state index in [-0.39, 0.29) is 0 Å². The van der Waals surface area contributed by atoms with Gasteiger partial charge < -0.3 is 26.5 Å². The fraction of sp³-hybridized carbons (Fsp3) is 0. The van der Waals surface area contributed by atoms with E-state index in [1.165, 1.54) is 159 Å². The van der Waals surface area contributed by atoms with Gasteiger partial charge in [0.25, 0.3) is 0 Å². The second-order valence-electron chi connectivity index (χ2n) is 35.6. The molecule has 0 spiro atoms. The van der Waals surface area contributed by atoms with E-state index in [1.807, 2.05) is 72.8 Å². The zero-order valence-corrected chi connectivity index (χ0v) is 73.3. The van der Waals surface area contributed by atoms with Crippen LogP contribution >= 0.6 is 0 Å². The molecule has 0 N–H and O–H groups in total. The molecule has 0 aliphatic rings. The Morgan fingerprint density at radius 2 is 0.316 bits per heavy atom. The third kappa shape index (κ3) is 12.1. The Balaban J connectivity index is 0.000000101. The van der Waals surface area contributed by atoms with E-state index in [4.69, 9.17) is 26.5 Å². The Morgan fingerprint density at radius 1 is 0.103 bits per heavy atom. The summed E-state index contributed by atoms with van der Waals surface area (Å²) >= 11 is 0. The second kappa shape index (κ2) is 30.8. The Kier molecular flexibility index (Phi) is 17.4. The molecule has 0 aliphatic heterocycles. The number of benzene rings is 24. The molecule has 0 radical (unpaired) electrons. The van der Waals surface area contributed by atoms with E-state index in [2.05, 4.69) is 388 Å². The molecule has 0 fully saturated rings. The molecule has 0 saturated carbocycles. The van der Waals surface area contributed by atoms with Crippen molar-refractivity contribution in [2.75, 3.05) is 0 Å². The summed E-state index contributed by atoms with van der Waals surface area (Å²) in [4.78, 5) is 0. The van der Waals surface area contributed by atoms with Crippen LogP contribution in [0.25, 0.3) is 296 Å². The molecule has 0 aliphatic carbocycles. The van der Waals surface area contributed by atoms with Crippen molar-refractivity contribution in [3.05, 3.63) is 461 Å². The van der Waals surface area contributed by atoms with Gasteiger partial charge in [-0.1, -0.05) is 364 Å². The molecule has 6 heterocycles. The Morgan fingerprint density at radius 3 is 0.662 bits per heavy atom. The smallest absolute Gasteiger partial charge is 0.136 e. The molecule has 0 atom stereocenters. The average molecular weight is 1730 g/mol. The summed E-state index contributed by atoms with van der Waals surface area (Å²) in [6.07, 6.45) is 0. The van der Waals surface area contributed by atoms with Crippen LogP contribution in [-0.2, 0) is 0 Å². The molecule has 0 saturated heterocycles. The first-order valence-corrected chi connectivity index (χ1v) is 46.4. The van der Waals surface area contributed by atoms with Crippen LogP contribution in [0.3, 0.4) is 0 Å². The first kappa shape index (κ1) is 76.7. The minimum atomic E-state index is 0.869. The summed E-state index contributed by atoms with van der Waals surface area (Å²) in [6.45, 7) is 0. The SMILES string of the molecule is c1ccc(-c2ccc(-c3c4ccccc4c(-c4ccc5oc6ccc7oc8ccccc8c7c6c5c4)c4ccccc34)cc2)cc1.c1ccc(-c2ccccc2-c2c3ccccc3c(-c3ccc4oc5ccc6oc7ccccc7c6c5c4c3)c3ccccc23)cc1.c1ccc2cc(-c3c4ccccc4c(-c4ccc5oc6ccc7oc8ccccc8c7c6c5c4)c4ccccc34)ccc2c1. The van der Waals surface area contributed by atoms with Crippen molar-refractivity contribution >= 4 is 207 Å². The lowest BCUT2D eigenvalue weighted by atomic mass is 9.83. The number of rotatable bonds is 8. The third-order valence-corrected chi connectivity index (χ3v) is 28.2. The number of para-hydroxylation sites is 3. The van der Waals surface area contributed by atoms with Crippen LogP contribution in [0, 0.1) is 0 Å². The van der Waals surface area contributed by atoms with Gasteiger partial charge in [0.15, 0.2) is 0 Å². The van der Waals surface area contributed by atoms with Gasteiger partial charge in [0.05, 0.1) is 0 Å². The standard InChI is InChI=1S/2C44H26O2.C42H24O2/c1-2-10-27(11-3-1)28-18-20-29(21-19-28)41-31-12-4-6-14-33(31)42(34-15-7-5-13-32(34)41)30-22-23-38-36(26-30)44-40(46-38)25-24-39-43(44)35-16-8-9-17-37(35)45-39;1-2-12-27(13-3-1)29-14-4-5-15-30(29)42-33-18-8-6-16-31(33)41(32-17-7-9-19-34(32)42)28-22-23-38-36(26-28)44-40(46-38)25-24-39-43(44)35-20-10-11-21-37(35)45-39;1-2-10-26-23-27(18-17-25(26)9-1)39-29-11-3-5-13-31(29)40(32-14-6-4-12-30(32)39)28-19-20-36-34(24-28)42-38(44-36)22-21-37-41(42)33-15-7-8-16-35(33)43-37/h2*1-26H;1-24H. The predicted octanol–water partition coefficient (Wildman–Crippen LogP) is 37.9. The van der Waals surface area contributed by atoms with E-state index >= 15 is 0 Å². The molecule has 30 rings (SSSR count).